The van der Waals surface area contributed by atoms with E-state index in [9.17, 15) is 0 Å². The summed E-state index contributed by atoms with van der Waals surface area (Å²) in [4.78, 5) is 4.37. The topological polar surface area (TPSA) is 53.1 Å². The van der Waals surface area contributed by atoms with Crippen molar-refractivity contribution in [2.45, 2.75) is 6.92 Å². The Morgan fingerprint density at radius 3 is 2.68 bits per heavy atom. The molecule has 0 aliphatic carbocycles. The monoisotopic (exact) mass is 253 g/mol. The first-order valence-corrected chi connectivity index (χ1v) is 6.24. The number of imidazole rings is 1. The van der Waals surface area contributed by atoms with Gasteiger partial charge in [-0.1, -0.05) is 0 Å². The van der Waals surface area contributed by atoms with E-state index in [4.69, 9.17) is 10.5 Å². The van der Waals surface area contributed by atoms with Crippen LogP contribution >= 0.6 is 0 Å². The van der Waals surface area contributed by atoms with Gasteiger partial charge in [-0.25, -0.2) is 4.98 Å². The zero-order valence-corrected chi connectivity index (χ0v) is 10.7. The fraction of sp³-hybridized carbons (Fsp3) is 0.133. The molecule has 0 fully saturated rings. The highest BCUT2D eigenvalue weighted by molar-refractivity contribution is 5.80. The maximum absolute atomic E-state index is 5.76. The normalized spacial score (nSPS) is 10.8. The SMILES string of the molecule is CCOc1ccc(-n2cnc3cc(N)ccc32)cc1. The smallest absolute Gasteiger partial charge is 0.119 e. The number of nitrogens with zero attached hydrogens (tertiary/aromatic N) is 2. The van der Waals surface area contributed by atoms with Crippen LogP contribution in [-0.2, 0) is 0 Å². The third-order valence-corrected chi connectivity index (χ3v) is 3.00. The standard InChI is InChI=1S/C15H15N3O/c1-2-19-13-6-4-12(5-7-13)18-10-17-14-9-11(16)3-8-15(14)18/h3-10H,2,16H2,1H3. The molecule has 4 nitrogen and oxygen atoms in total. The van der Waals surface area contributed by atoms with Crippen LogP contribution in [0.25, 0.3) is 16.7 Å². The molecular formula is C15H15N3O. The number of anilines is 1. The number of hydrogen-bond acceptors (Lipinski definition) is 3. The van der Waals surface area contributed by atoms with Crippen molar-refractivity contribution < 1.29 is 4.74 Å². The van der Waals surface area contributed by atoms with E-state index in [1.165, 1.54) is 0 Å². The number of fused-ring (bicyclic) bond motifs is 1. The lowest BCUT2D eigenvalue weighted by Crippen LogP contribution is -1.94. The number of hydrogen-bond donors (Lipinski definition) is 1. The van der Waals surface area contributed by atoms with E-state index >= 15 is 0 Å². The summed E-state index contributed by atoms with van der Waals surface area (Å²) >= 11 is 0. The van der Waals surface area contributed by atoms with Crippen LogP contribution in [0.4, 0.5) is 5.69 Å². The first-order chi connectivity index (χ1) is 9.28. The third-order valence-electron chi connectivity index (χ3n) is 3.00. The second kappa shape index (κ2) is 4.65. The molecule has 3 aromatic rings. The van der Waals surface area contributed by atoms with E-state index in [1.54, 1.807) is 6.33 Å². The highest BCUT2D eigenvalue weighted by Crippen LogP contribution is 2.22. The Balaban J connectivity index is 2.04. The van der Waals surface area contributed by atoms with Gasteiger partial charge in [0.25, 0.3) is 0 Å². The Hall–Kier alpha value is -2.49. The summed E-state index contributed by atoms with van der Waals surface area (Å²) in [5.41, 5.74) is 9.47. The second-order valence-corrected chi connectivity index (χ2v) is 4.29. The van der Waals surface area contributed by atoms with Crippen LogP contribution in [0.3, 0.4) is 0 Å². The minimum absolute atomic E-state index is 0.673. The van der Waals surface area contributed by atoms with E-state index < -0.39 is 0 Å². The molecule has 0 saturated heterocycles. The predicted molar refractivity (Wildman–Crippen MR) is 76.7 cm³/mol. The van der Waals surface area contributed by atoms with E-state index in [0.29, 0.717) is 6.61 Å². The third kappa shape index (κ3) is 2.12. The highest BCUT2D eigenvalue weighted by Gasteiger charge is 2.04. The first-order valence-electron chi connectivity index (χ1n) is 6.24. The van der Waals surface area contributed by atoms with Crippen molar-refractivity contribution in [2.24, 2.45) is 0 Å². The molecular weight excluding hydrogens is 238 g/mol. The van der Waals surface area contributed by atoms with Gasteiger partial charge < -0.3 is 10.5 Å². The molecule has 0 spiro atoms. The van der Waals surface area contributed by atoms with Gasteiger partial charge in [-0.15, -0.1) is 0 Å². The van der Waals surface area contributed by atoms with E-state index in [2.05, 4.69) is 4.98 Å². The van der Waals surface area contributed by atoms with Crippen molar-refractivity contribution in [3.8, 4) is 11.4 Å². The molecule has 0 aliphatic rings. The summed E-state index contributed by atoms with van der Waals surface area (Å²) < 4.78 is 7.47. The zero-order valence-electron chi connectivity index (χ0n) is 10.7. The Kier molecular flexibility index (Phi) is 2.83. The highest BCUT2D eigenvalue weighted by atomic mass is 16.5. The van der Waals surface area contributed by atoms with Gasteiger partial charge in [-0.05, 0) is 49.4 Å². The van der Waals surface area contributed by atoms with Crippen molar-refractivity contribution in [2.75, 3.05) is 12.3 Å². The van der Waals surface area contributed by atoms with Crippen LogP contribution < -0.4 is 10.5 Å². The molecule has 2 N–H and O–H groups in total. The Labute approximate surface area is 111 Å². The van der Waals surface area contributed by atoms with Gasteiger partial charge in [0, 0.05) is 11.4 Å². The number of benzene rings is 2. The Bertz CT molecular complexity index is 701. The largest absolute Gasteiger partial charge is 0.494 e. The van der Waals surface area contributed by atoms with Gasteiger partial charge in [-0.2, -0.15) is 0 Å². The predicted octanol–water partition coefficient (Wildman–Crippen LogP) is 3.01. The minimum Gasteiger partial charge on any atom is -0.494 e. The number of nitrogens with two attached hydrogens (primary N) is 1. The molecule has 1 aromatic heterocycles. The van der Waals surface area contributed by atoms with Crippen molar-refractivity contribution in [1.29, 1.82) is 0 Å². The fourth-order valence-corrected chi connectivity index (χ4v) is 2.11. The minimum atomic E-state index is 0.673. The fourth-order valence-electron chi connectivity index (χ4n) is 2.11. The van der Waals surface area contributed by atoms with Crippen molar-refractivity contribution in [1.82, 2.24) is 9.55 Å². The van der Waals surface area contributed by atoms with Gasteiger partial charge in [0.05, 0.1) is 17.6 Å². The molecule has 0 aliphatic heterocycles. The molecule has 96 valence electrons. The maximum Gasteiger partial charge on any atom is 0.119 e. The van der Waals surface area contributed by atoms with Gasteiger partial charge in [0.15, 0.2) is 0 Å². The molecule has 1 heterocycles. The van der Waals surface area contributed by atoms with Crippen molar-refractivity contribution >= 4 is 16.7 Å². The number of aromatic nitrogens is 2. The quantitative estimate of drug-likeness (QED) is 0.730. The summed E-state index contributed by atoms with van der Waals surface area (Å²) in [5.74, 6) is 0.875. The molecule has 19 heavy (non-hydrogen) atoms. The second-order valence-electron chi connectivity index (χ2n) is 4.29. The Morgan fingerprint density at radius 2 is 1.95 bits per heavy atom. The van der Waals surface area contributed by atoms with Crippen LogP contribution in [0.1, 0.15) is 6.92 Å². The van der Waals surface area contributed by atoms with Crippen LogP contribution in [0, 0.1) is 0 Å². The summed E-state index contributed by atoms with van der Waals surface area (Å²) in [7, 11) is 0. The molecule has 0 radical (unpaired) electrons. The molecule has 0 atom stereocenters. The van der Waals surface area contributed by atoms with Crippen molar-refractivity contribution in [3.63, 3.8) is 0 Å². The number of rotatable bonds is 3. The van der Waals surface area contributed by atoms with Gasteiger partial charge in [-0.3, -0.25) is 4.57 Å². The van der Waals surface area contributed by atoms with Crippen LogP contribution in [0.15, 0.2) is 48.8 Å². The van der Waals surface area contributed by atoms with Gasteiger partial charge in [0.1, 0.15) is 12.1 Å². The van der Waals surface area contributed by atoms with E-state index in [0.717, 1.165) is 28.2 Å². The van der Waals surface area contributed by atoms with Gasteiger partial charge >= 0.3 is 0 Å². The molecule has 4 heteroatoms. The summed E-state index contributed by atoms with van der Waals surface area (Å²) in [6.07, 6.45) is 1.81. The summed E-state index contributed by atoms with van der Waals surface area (Å²) in [6, 6.07) is 13.7. The van der Waals surface area contributed by atoms with Crippen LogP contribution in [0.5, 0.6) is 5.75 Å². The van der Waals surface area contributed by atoms with Crippen LogP contribution in [0.2, 0.25) is 0 Å². The van der Waals surface area contributed by atoms with Gasteiger partial charge in [0.2, 0.25) is 0 Å². The zero-order chi connectivity index (χ0) is 13.2. The molecule has 3 rings (SSSR count). The maximum atomic E-state index is 5.76. The molecule has 2 aromatic carbocycles. The first kappa shape index (κ1) is 11.6. The Morgan fingerprint density at radius 1 is 1.16 bits per heavy atom. The van der Waals surface area contributed by atoms with Crippen molar-refractivity contribution in [3.05, 3.63) is 48.8 Å². The summed E-state index contributed by atoms with van der Waals surface area (Å²) in [5, 5.41) is 0. The lowest BCUT2D eigenvalue weighted by atomic mass is 10.2. The molecule has 0 saturated carbocycles. The number of nitrogen functional groups attached to an aromatic ring is 1. The molecule has 0 amide bonds. The summed E-state index contributed by atoms with van der Waals surface area (Å²) in [6.45, 7) is 2.65. The lowest BCUT2D eigenvalue weighted by Gasteiger charge is -2.06. The average Bonchev–Trinajstić information content (AvgIpc) is 2.83. The van der Waals surface area contributed by atoms with Crippen LogP contribution in [-0.4, -0.2) is 16.2 Å². The molecule has 0 bridgehead atoms. The average molecular weight is 253 g/mol. The molecule has 0 unspecified atom stereocenters. The number of ether oxygens (including phenoxy) is 1. The van der Waals surface area contributed by atoms with E-state index in [-0.39, 0.29) is 0 Å². The lowest BCUT2D eigenvalue weighted by molar-refractivity contribution is 0.340. The van der Waals surface area contributed by atoms with E-state index in [1.807, 2.05) is 54.0 Å².